The van der Waals surface area contributed by atoms with Gasteiger partial charge in [-0.3, -0.25) is 0 Å². The number of alkyl halides is 6. The van der Waals surface area contributed by atoms with Crippen LogP contribution in [0.1, 0.15) is 98.8 Å². The minimum Gasteiger partial charge on any atom is -0.412 e. The van der Waals surface area contributed by atoms with E-state index in [-0.39, 0.29) is 25.3 Å². The van der Waals surface area contributed by atoms with Crippen molar-refractivity contribution >= 4 is 24.7 Å². The second-order valence-corrected chi connectivity index (χ2v) is 27.1. The standard InChI is InChI=1S/C30H62F6O4Si3/c1-10-14-24-42(8,25-18-29(31,32)33)40-28(13-4,17-12-3)43(9,26-19-30(34,35)36)39-27(5,16-11-2)41(6,7)23-15-21-38-22-20-37/h37H,10-26H2,1-9H3. The van der Waals surface area contributed by atoms with E-state index >= 15 is 0 Å². The molecule has 1 N–H and O–H groups in total. The minimum atomic E-state index is -4.39. The zero-order valence-corrected chi connectivity index (χ0v) is 31.5. The fourth-order valence-corrected chi connectivity index (χ4v) is 20.0. The molecule has 0 aliphatic carbocycles. The van der Waals surface area contributed by atoms with Crippen LogP contribution < -0.4 is 0 Å². The third-order valence-corrected chi connectivity index (χ3v) is 23.0. The molecule has 4 atom stereocenters. The monoisotopic (exact) mass is 684 g/mol. The van der Waals surface area contributed by atoms with Gasteiger partial charge in [-0.15, -0.1) is 0 Å². The predicted octanol–water partition coefficient (Wildman–Crippen LogP) is 10.6. The molecule has 13 heteroatoms. The van der Waals surface area contributed by atoms with Crippen molar-refractivity contribution in [3.63, 3.8) is 0 Å². The number of hydrogen-bond donors (Lipinski definition) is 1. The van der Waals surface area contributed by atoms with E-state index in [1.165, 1.54) is 0 Å². The molecular weight excluding hydrogens is 623 g/mol. The van der Waals surface area contributed by atoms with Crippen molar-refractivity contribution in [1.82, 2.24) is 0 Å². The zero-order chi connectivity index (χ0) is 33.6. The van der Waals surface area contributed by atoms with E-state index in [0.29, 0.717) is 38.3 Å². The minimum absolute atomic E-state index is 0.0549. The molecule has 0 aliphatic rings. The van der Waals surface area contributed by atoms with Gasteiger partial charge in [-0.25, -0.2) is 0 Å². The van der Waals surface area contributed by atoms with Crippen molar-refractivity contribution < 1.29 is 45.0 Å². The molecule has 0 amide bonds. The first-order valence-corrected chi connectivity index (χ1v) is 25.0. The molecule has 0 aromatic heterocycles. The summed E-state index contributed by atoms with van der Waals surface area (Å²) < 4.78 is 102. The third-order valence-electron chi connectivity index (χ3n) is 9.45. The molecule has 4 nitrogen and oxygen atoms in total. The van der Waals surface area contributed by atoms with Crippen molar-refractivity contribution in [2.45, 2.75) is 172 Å². The van der Waals surface area contributed by atoms with Crippen LogP contribution in [0, 0.1) is 0 Å². The average molecular weight is 685 g/mol. The molecule has 0 spiro atoms. The molecule has 0 bridgehead atoms. The highest BCUT2D eigenvalue weighted by molar-refractivity contribution is 6.83. The summed E-state index contributed by atoms with van der Waals surface area (Å²) in [5, 5.41) is 7.34. The Morgan fingerprint density at radius 1 is 0.628 bits per heavy atom. The van der Waals surface area contributed by atoms with Gasteiger partial charge >= 0.3 is 12.4 Å². The van der Waals surface area contributed by atoms with Crippen molar-refractivity contribution in [2.24, 2.45) is 0 Å². The van der Waals surface area contributed by atoms with Crippen LogP contribution in [0.3, 0.4) is 0 Å². The predicted molar refractivity (Wildman–Crippen MR) is 172 cm³/mol. The molecule has 0 saturated heterocycles. The van der Waals surface area contributed by atoms with Gasteiger partial charge in [-0.1, -0.05) is 72.5 Å². The molecule has 0 aromatic carbocycles. The highest BCUT2D eigenvalue weighted by atomic mass is 28.4. The number of rotatable bonds is 24. The third kappa shape index (κ3) is 14.6. The van der Waals surface area contributed by atoms with E-state index in [4.69, 9.17) is 18.7 Å². The Labute approximate surface area is 261 Å². The summed E-state index contributed by atoms with van der Waals surface area (Å²) in [4.78, 5) is 0. The van der Waals surface area contributed by atoms with Crippen molar-refractivity contribution in [2.75, 3.05) is 19.8 Å². The van der Waals surface area contributed by atoms with E-state index < -0.39 is 60.4 Å². The topological polar surface area (TPSA) is 47.9 Å². The summed E-state index contributed by atoms with van der Waals surface area (Å²) in [6.45, 7) is 18.8. The molecule has 4 unspecified atom stereocenters. The van der Waals surface area contributed by atoms with Crippen LogP contribution in [0.2, 0.25) is 50.4 Å². The molecule has 43 heavy (non-hydrogen) atoms. The first kappa shape index (κ1) is 43.1. The highest BCUT2D eigenvalue weighted by Crippen LogP contribution is 2.48. The first-order chi connectivity index (χ1) is 19.6. The van der Waals surface area contributed by atoms with Gasteiger partial charge in [0, 0.05) is 24.7 Å². The highest BCUT2D eigenvalue weighted by Gasteiger charge is 2.59. The number of ether oxygens (including phenoxy) is 1. The second kappa shape index (κ2) is 18.4. The van der Waals surface area contributed by atoms with E-state index in [9.17, 15) is 26.3 Å². The fraction of sp³-hybridized carbons (Fsp3) is 1.00. The number of halogens is 6. The number of aliphatic hydroxyl groups excluding tert-OH is 1. The maximum Gasteiger partial charge on any atom is 0.388 e. The molecule has 260 valence electrons. The molecule has 0 heterocycles. The Morgan fingerprint density at radius 2 is 1.19 bits per heavy atom. The lowest BCUT2D eigenvalue weighted by atomic mass is 10.1. The van der Waals surface area contributed by atoms with Gasteiger partial charge in [0.25, 0.3) is 0 Å². The van der Waals surface area contributed by atoms with Gasteiger partial charge in [0.1, 0.15) is 0 Å². The number of hydrogen-bond acceptors (Lipinski definition) is 4. The summed E-state index contributed by atoms with van der Waals surface area (Å²) >= 11 is 0. The van der Waals surface area contributed by atoms with Crippen molar-refractivity contribution in [1.29, 1.82) is 0 Å². The molecule has 0 fully saturated rings. The van der Waals surface area contributed by atoms with E-state index in [2.05, 4.69) is 20.0 Å². The summed E-state index contributed by atoms with van der Waals surface area (Å²) in [5.74, 6) is 0. The molecule has 0 saturated carbocycles. The van der Waals surface area contributed by atoms with Gasteiger partial charge in [0.2, 0.25) is 8.32 Å². The Kier molecular flexibility index (Phi) is 18.4. The average Bonchev–Trinajstić information content (AvgIpc) is 2.88. The van der Waals surface area contributed by atoms with Gasteiger partial charge in [0.15, 0.2) is 8.32 Å². The van der Waals surface area contributed by atoms with E-state index in [1.807, 2.05) is 40.8 Å². The fourth-order valence-electron chi connectivity index (χ4n) is 6.41. The summed E-state index contributed by atoms with van der Waals surface area (Å²) in [5.41, 5.74) is 0. The lowest BCUT2D eigenvalue weighted by molar-refractivity contribution is -0.133. The maximum absolute atomic E-state index is 13.9. The summed E-state index contributed by atoms with van der Waals surface area (Å²) in [6.07, 6.45) is -5.40. The lowest BCUT2D eigenvalue weighted by Crippen LogP contribution is -2.69. The van der Waals surface area contributed by atoms with E-state index in [1.54, 1.807) is 0 Å². The second-order valence-electron chi connectivity index (χ2n) is 13.6. The van der Waals surface area contributed by atoms with Crippen LogP contribution in [0.5, 0.6) is 0 Å². The molecule has 0 aromatic rings. The van der Waals surface area contributed by atoms with Crippen LogP contribution in [0.4, 0.5) is 26.3 Å². The van der Waals surface area contributed by atoms with Crippen molar-refractivity contribution in [3.8, 4) is 0 Å². The van der Waals surface area contributed by atoms with Crippen LogP contribution >= 0.6 is 0 Å². The lowest BCUT2D eigenvalue weighted by Gasteiger charge is -2.56. The Hall–Kier alpha value is 0.0706. The molecule has 0 rings (SSSR count). The molecule has 0 radical (unpaired) electrons. The number of unbranched alkanes of at least 4 members (excludes halogenated alkanes) is 1. The quantitative estimate of drug-likeness (QED) is 0.0625. The summed E-state index contributed by atoms with van der Waals surface area (Å²) in [7, 11) is -8.71. The van der Waals surface area contributed by atoms with Crippen LogP contribution in [-0.4, -0.2) is 72.4 Å². The van der Waals surface area contributed by atoms with Crippen LogP contribution in [-0.2, 0) is 13.6 Å². The van der Waals surface area contributed by atoms with Gasteiger partial charge in [-0.2, -0.15) is 26.3 Å². The van der Waals surface area contributed by atoms with Gasteiger partial charge in [0.05, 0.1) is 26.5 Å². The SMILES string of the molecule is CCCC[Si](C)(CCC(F)(F)F)OC(CC)(CCC)[Si](C)(CCC(F)(F)F)OC(C)(CCC)[Si](C)(C)CCCOCCO. The largest absolute Gasteiger partial charge is 0.412 e. The summed E-state index contributed by atoms with van der Waals surface area (Å²) in [6, 6.07) is 1.08. The number of aliphatic hydroxyl groups is 1. The van der Waals surface area contributed by atoms with E-state index in [0.717, 1.165) is 31.7 Å². The first-order valence-electron chi connectivity index (χ1n) is 16.4. The zero-order valence-electron chi connectivity index (χ0n) is 28.5. The normalized spacial score (nSPS) is 19.0. The Balaban J connectivity index is 6.94. The van der Waals surface area contributed by atoms with Gasteiger partial charge < -0.3 is 18.7 Å². The smallest absolute Gasteiger partial charge is 0.388 e. The Morgan fingerprint density at radius 3 is 1.65 bits per heavy atom. The Bertz CT molecular complexity index is 773. The van der Waals surface area contributed by atoms with Gasteiger partial charge in [-0.05, 0) is 63.8 Å². The maximum atomic E-state index is 13.9. The van der Waals surface area contributed by atoms with Crippen LogP contribution in [0.25, 0.3) is 0 Å². The van der Waals surface area contributed by atoms with Crippen molar-refractivity contribution in [3.05, 3.63) is 0 Å². The van der Waals surface area contributed by atoms with Crippen LogP contribution in [0.15, 0.2) is 0 Å². The molecule has 0 aliphatic heterocycles. The molecular formula is C30H62F6O4Si3.